The Morgan fingerprint density at radius 3 is 2.69 bits per heavy atom. The third kappa shape index (κ3) is 5.33. The molecule has 0 radical (unpaired) electrons. The Balaban J connectivity index is 1.17. The number of fused-ring (bicyclic) bond motifs is 1. The van der Waals surface area contributed by atoms with Gasteiger partial charge in [0.15, 0.2) is 16.7 Å². The number of aromatic nitrogens is 2. The molecule has 9 nitrogen and oxygen atoms in total. The summed E-state index contributed by atoms with van der Waals surface area (Å²) in [7, 11) is 0. The zero-order valence-corrected chi connectivity index (χ0v) is 19.6. The van der Waals surface area contributed by atoms with Gasteiger partial charge in [-0.15, -0.1) is 0 Å². The number of benzene rings is 2. The molecule has 178 valence electrons. The first-order valence-electron chi connectivity index (χ1n) is 10.8. The number of carbonyl (C=O) groups is 2. The van der Waals surface area contributed by atoms with E-state index in [-0.39, 0.29) is 24.4 Å². The molecule has 2 aromatic carbocycles. The van der Waals surface area contributed by atoms with Gasteiger partial charge in [-0.25, -0.2) is 4.98 Å². The molecule has 10 heteroatoms. The van der Waals surface area contributed by atoms with Crippen molar-refractivity contribution in [3.8, 4) is 17.2 Å². The van der Waals surface area contributed by atoms with Gasteiger partial charge in [-0.1, -0.05) is 11.8 Å². The Morgan fingerprint density at radius 2 is 1.89 bits per heavy atom. The lowest BCUT2D eigenvalue weighted by Gasteiger charge is -2.09. The summed E-state index contributed by atoms with van der Waals surface area (Å²) in [5.74, 6) is 2.61. The highest BCUT2D eigenvalue weighted by molar-refractivity contribution is 7.99. The topological polar surface area (TPSA) is 108 Å². The van der Waals surface area contributed by atoms with Gasteiger partial charge in [-0.05, 0) is 55.5 Å². The normalized spacial score (nSPS) is 11.9. The zero-order valence-electron chi connectivity index (χ0n) is 18.8. The summed E-state index contributed by atoms with van der Waals surface area (Å²) < 4.78 is 18.0. The molecule has 1 aliphatic heterocycles. The van der Waals surface area contributed by atoms with Crippen molar-refractivity contribution in [3.05, 3.63) is 84.1 Å². The molecule has 0 spiro atoms. The summed E-state index contributed by atoms with van der Waals surface area (Å²) in [6.45, 7) is 2.37. The number of thioether (sulfide) groups is 1. The van der Waals surface area contributed by atoms with Gasteiger partial charge in [0, 0.05) is 35.4 Å². The predicted molar refractivity (Wildman–Crippen MR) is 130 cm³/mol. The number of nitrogens with one attached hydrogen (secondary N) is 2. The third-order valence-electron chi connectivity index (χ3n) is 5.22. The molecule has 1 aliphatic rings. The molecule has 2 amide bonds. The van der Waals surface area contributed by atoms with E-state index in [1.165, 1.54) is 11.8 Å². The summed E-state index contributed by atoms with van der Waals surface area (Å²) in [5, 5.41) is 6.36. The van der Waals surface area contributed by atoms with E-state index in [0.29, 0.717) is 40.2 Å². The lowest BCUT2D eigenvalue weighted by atomic mass is 10.2. The Morgan fingerprint density at radius 1 is 1.06 bits per heavy atom. The molecule has 0 fully saturated rings. The van der Waals surface area contributed by atoms with Crippen molar-refractivity contribution in [1.82, 2.24) is 14.9 Å². The smallest absolute Gasteiger partial charge is 0.251 e. The molecule has 4 aromatic rings. The molecule has 2 aromatic heterocycles. The minimum Gasteiger partial charge on any atom is -0.465 e. The Kier molecular flexibility index (Phi) is 6.44. The predicted octanol–water partition coefficient (Wildman–Crippen LogP) is 4.16. The molecule has 0 saturated heterocycles. The Hall–Kier alpha value is -4.18. The maximum Gasteiger partial charge on any atom is 0.251 e. The highest BCUT2D eigenvalue weighted by atomic mass is 32.2. The number of ether oxygens (including phenoxy) is 2. The van der Waals surface area contributed by atoms with Gasteiger partial charge in [0.2, 0.25) is 12.7 Å². The van der Waals surface area contributed by atoms with Crippen LogP contribution in [0.1, 0.15) is 21.9 Å². The van der Waals surface area contributed by atoms with Gasteiger partial charge in [-0.3, -0.25) is 14.2 Å². The van der Waals surface area contributed by atoms with E-state index in [0.717, 1.165) is 11.4 Å². The van der Waals surface area contributed by atoms with Gasteiger partial charge in [0.25, 0.3) is 5.91 Å². The van der Waals surface area contributed by atoms with Crippen molar-refractivity contribution in [1.29, 1.82) is 0 Å². The first-order valence-corrected chi connectivity index (χ1v) is 11.8. The van der Waals surface area contributed by atoms with Crippen LogP contribution in [0.2, 0.25) is 0 Å². The van der Waals surface area contributed by atoms with Crippen molar-refractivity contribution < 1.29 is 23.5 Å². The summed E-state index contributed by atoms with van der Waals surface area (Å²) >= 11 is 1.31. The minimum absolute atomic E-state index is 0.165. The number of amides is 2. The van der Waals surface area contributed by atoms with E-state index >= 15 is 0 Å². The van der Waals surface area contributed by atoms with E-state index in [9.17, 15) is 9.59 Å². The van der Waals surface area contributed by atoms with E-state index in [1.54, 1.807) is 36.5 Å². The van der Waals surface area contributed by atoms with Crippen molar-refractivity contribution in [2.45, 2.75) is 18.6 Å². The van der Waals surface area contributed by atoms with Crippen LogP contribution in [0.15, 0.2) is 76.6 Å². The van der Waals surface area contributed by atoms with Gasteiger partial charge < -0.3 is 24.5 Å². The molecular formula is C25H22N4O5S. The molecular weight excluding hydrogens is 468 g/mol. The average Bonchev–Trinajstić information content (AvgIpc) is 3.62. The van der Waals surface area contributed by atoms with Crippen LogP contribution in [0.5, 0.6) is 11.5 Å². The first kappa shape index (κ1) is 22.6. The van der Waals surface area contributed by atoms with Crippen LogP contribution in [0.4, 0.5) is 5.69 Å². The molecule has 0 unspecified atom stereocenters. The molecule has 0 saturated carbocycles. The monoisotopic (exact) mass is 490 g/mol. The van der Waals surface area contributed by atoms with Gasteiger partial charge in [-0.2, -0.15) is 0 Å². The fraction of sp³-hybridized carbons (Fsp3) is 0.160. The number of imidazole rings is 1. The van der Waals surface area contributed by atoms with E-state index in [1.807, 2.05) is 42.0 Å². The quantitative estimate of drug-likeness (QED) is 0.357. The maximum absolute atomic E-state index is 12.4. The largest absolute Gasteiger partial charge is 0.465 e. The second-order valence-corrected chi connectivity index (χ2v) is 8.67. The highest BCUT2D eigenvalue weighted by Crippen LogP contribution is 2.34. The highest BCUT2D eigenvalue weighted by Gasteiger charge is 2.15. The van der Waals surface area contributed by atoms with Gasteiger partial charge >= 0.3 is 0 Å². The number of anilines is 1. The molecule has 0 aliphatic carbocycles. The maximum atomic E-state index is 12.4. The zero-order chi connectivity index (χ0) is 24.2. The van der Waals surface area contributed by atoms with Crippen LogP contribution in [0.25, 0.3) is 5.69 Å². The van der Waals surface area contributed by atoms with Crippen LogP contribution >= 0.6 is 11.8 Å². The number of aryl methyl sites for hydroxylation is 1. The van der Waals surface area contributed by atoms with Crippen molar-refractivity contribution in [2.75, 3.05) is 17.9 Å². The number of hydrogen-bond donors (Lipinski definition) is 2. The van der Waals surface area contributed by atoms with Crippen LogP contribution in [0, 0.1) is 6.92 Å². The number of carbonyl (C=O) groups excluding carboxylic acids is 2. The summed E-state index contributed by atoms with van der Waals surface area (Å²) in [5.41, 5.74) is 2.01. The Labute approximate surface area is 205 Å². The van der Waals surface area contributed by atoms with E-state index in [2.05, 4.69) is 15.6 Å². The number of furan rings is 1. The molecule has 2 N–H and O–H groups in total. The first-order chi connectivity index (χ1) is 17.0. The van der Waals surface area contributed by atoms with Crippen LogP contribution in [-0.2, 0) is 11.3 Å². The number of rotatable bonds is 8. The lowest BCUT2D eigenvalue weighted by Crippen LogP contribution is -2.22. The lowest BCUT2D eigenvalue weighted by molar-refractivity contribution is -0.113. The molecule has 35 heavy (non-hydrogen) atoms. The van der Waals surface area contributed by atoms with Gasteiger partial charge in [0.05, 0.1) is 12.3 Å². The van der Waals surface area contributed by atoms with E-state index < -0.39 is 0 Å². The molecule has 3 heterocycles. The van der Waals surface area contributed by atoms with E-state index in [4.69, 9.17) is 13.9 Å². The second-order valence-electron chi connectivity index (χ2n) is 7.73. The number of hydrogen-bond acceptors (Lipinski definition) is 7. The van der Waals surface area contributed by atoms with Crippen molar-refractivity contribution >= 4 is 29.3 Å². The van der Waals surface area contributed by atoms with Crippen LogP contribution in [0.3, 0.4) is 0 Å². The van der Waals surface area contributed by atoms with Crippen molar-refractivity contribution in [2.24, 2.45) is 0 Å². The SMILES string of the molecule is Cc1ccc(CNC(=O)c2ccc(-n3ccnc3SCC(=O)Nc3ccc4c(c3)OCO4)cc2)o1. The Bertz CT molecular complexity index is 1360. The van der Waals surface area contributed by atoms with Crippen LogP contribution < -0.4 is 20.1 Å². The van der Waals surface area contributed by atoms with Gasteiger partial charge in [0.1, 0.15) is 11.5 Å². The third-order valence-corrected chi connectivity index (χ3v) is 6.19. The molecule has 5 rings (SSSR count). The standard InChI is InChI=1S/C25H22N4O5S/c1-16-2-8-20(34-16)13-27-24(31)17-3-6-19(7-4-17)29-11-10-26-25(29)35-14-23(30)28-18-5-9-21-22(12-18)33-15-32-21/h2-12H,13-15H2,1H3,(H,27,31)(H,28,30). The summed E-state index contributed by atoms with van der Waals surface area (Å²) in [6.07, 6.45) is 3.48. The number of nitrogens with zero attached hydrogens (tertiary/aromatic N) is 2. The fourth-order valence-electron chi connectivity index (χ4n) is 3.52. The average molecular weight is 491 g/mol. The van der Waals surface area contributed by atoms with Crippen molar-refractivity contribution in [3.63, 3.8) is 0 Å². The molecule has 0 atom stereocenters. The molecule has 0 bridgehead atoms. The second kappa shape index (κ2) is 9.98. The van der Waals surface area contributed by atoms with Crippen LogP contribution in [-0.4, -0.2) is 33.9 Å². The minimum atomic E-state index is -0.189. The fourth-order valence-corrected chi connectivity index (χ4v) is 4.29. The summed E-state index contributed by atoms with van der Waals surface area (Å²) in [6, 6.07) is 16.1. The summed E-state index contributed by atoms with van der Waals surface area (Å²) in [4.78, 5) is 29.3.